The molecule has 4 rings (SSSR count). The monoisotopic (exact) mass is 533 g/mol. The summed E-state index contributed by atoms with van der Waals surface area (Å²) < 4.78 is 26.3. The van der Waals surface area contributed by atoms with Crippen LogP contribution in [0.25, 0.3) is 10.9 Å². The Balaban J connectivity index is 0.00000195. The highest BCUT2D eigenvalue weighted by Crippen LogP contribution is 2.25. The van der Waals surface area contributed by atoms with E-state index in [1.165, 1.54) is 10.9 Å². The number of carbonyl (C=O) groups excluding carboxylic acids is 1. The van der Waals surface area contributed by atoms with Crippen molar-refractivity contribution in [3.05, 3.63) is 75.9 Å². The number of sulfone groups is 1. The number of rotatable bonds is 6. The normalized spacial score (nSPS) is 11.0. The highest BCUT2D eigenvalue weighted by molar-refractivity contribution is 7.91. The molecule has 1 aromatic carbocycles. The second kappa shape index (κ2) is 11.4. The minimum absolute atomic E-state index is 0.0296. The van der Waals surface area contributed by atoms with Crippen molar-refractivity contribution in [1.82, 2.24) is 25.1 Å². The van der Waals surface area contributed by atoms with E-state index >= 15 is 0 Å². The van der Waals surface area contributed by atoms with E-state index in [9.17, 15) is 18.5 Å². The molecule has 3 heterocycles. The number of amides is 1. The molecule has 3 aromatic heterocycles. The maximum atomic E-state index is 12.9. The number of fused-ring (bicyclic) bond motifs is 1. The topological polar surface area (TPSA) is 157 Å². The predicted molar refractivity (Wildman–Crippen MR) is 146 cm³/mol. The molecule has 0 atom stereocenters. The number of hydrogen-bond donors (Lipinski definition) is 2. The van der Waals surface area contributed by atoms with Crippen LogP contribution in [0.1, 0.15) is 57.8 Å². The van der Waals surface area contributed by atoms with Crippen molar-refractivity contribution < 1.29 is 13.2 Å². The number of nitrogens with two attached hydrogens (primary N) is 1. The zero-order chi connectivity index (χ0) is 28.2. The predicted octanol–water partition coefficient (Wildman–Crippen LogP) is 3.61. The molecular weight excluding hydrogens is 502 g/mol. The molecule has 0 saturated carbocycles. The second-order valence-electron chi connectivity index (χ2n) is 8.76. The minimum Gasteiger partial charge on any atom is -0.384 e. The lowest BCUT2D eigenvalue weighted by atomic mass is 10.1. The smallest absolute Gasteiger partial charge is 0.256 e. The van der Waals surface area contributed by atoms with E-state index in [-0.39, 0.29) is 29.2 Å². The van der Waals surface area contributed by atoms with Gasteiger partial charge < -0.3 is 11.1 Å². The molecule has 0 unspecified atom stereocenters. The maximum absolute atomic E-state index is 12.9. The average Bonchev–Trinajstić information content (AvgIpc) is 3.26. The Kier molecular flexibility index (Phi) is 8.48. The number of nitrogens with zero attached hydrogens (tertiary/aromatic N) is 5. The Bertz CT molecular complexity index is 1650. The van der Waals surface area contributed by atoms with Gasteiger partial charge in [-0.3, -0.25) is 14.5 Å². The van der Waals surface area contributed by atoms with Gasteiger partial charge in [0, 0.05) is 36.3 Å². The lowest BCUT2D eigenvalue weighted by Gasteiger charge is -2.11. The van der Waals surface area contributed by atoms with Crippen LogP contribution in [-0.2, 0) is 22.9 Å². The highest BCUT2D eigenvalue weighted by Gasteiger charge is 2.19. The van der Waals surface area contributed by atoms with E-state index < -0.39 is 15.7 Å². The Morgan fingerprint density at radius 1 is 1.16 bits per heavy atom. The summed E-state index contributed by atoms with van der Waals surface area (Å²) in [5.41, 5.74) is 10.3. The Labute approximate surface area is 222 Å². The van der Waals surface area contributed by atoms with Gasteiger partial charge in [0.15, 0.2) is 15.5 Å². The molecule has 3 N–H and O–H groups in total. The first-order valence-corrected chi connectivity index (χ1v) is 13.9. The molecule has 11 heteroatoms. The number of carbonyl (C=O) groups is 1. The van der Waals surface area contributed by atoms with Gasteiger partial charge in [-0.05, 0) is 67.3 Å². The van der Waals surface area contributed by atoms with Gasteiger partial charge in [-0.25, -0.2) is 13.4 Å². The number of hydrogen-bond acceptors (Lipinski definition) is 8. The third-order valence-electron chi connectivity index (χ3n) is 5.80. The van der Waals surface area contributed by atoms with Crippen molar-refractivity contribution in [3.63, 3.8) is 0 Å². The van der Waals surface area contributed by atoms with Gasteiger partial charge in [-0.2, -0.15) is 10.4 Å². The number of pyridine rings is 2. The maximum Gasteiger partial charge on any atom is 0.256 e. The molecule has 0 spiro atoms. The first-order chi connectivity index (χ1) is 18.0. The SMILES string of the molecule is CC.Cc1cnc2c(S(C)(=O)=O)cc(Cn3cc(C(=O)NCc4c(C)cc(N)nc4C)c(C#N)n3)cc2c1. The minimum atomic E-state index is -3.54. The molecule has 0 fully saturated rings. The summed E-state index contributed by atoms with van der Waals surface area (Å²) in [5.74, 6) is -0.0460. The fourth-order valence-electron chi connectivity index (χ4n) is 4.12. The molecule has 0 saturated heterocycles. The number of nitrogen functional groups attached to an aromatic ring is 1. The summed E-state index contributed by atoms with van der Waals surface area (Å²) in [6.45, 7) is 9.95. The Hall–Kier alpha value is -4.30. The van der Waals surface area contributed by atoms with Gasteiger partial charge in [0.25, 0.3) is 5.91 Å². The highest BCUT2D eigenvalue weighted by atomic mass is 32.2. The summed E-state index contributed by atoms with van der Waals surface area (Å²) >= 11 is 0. The molecule has 1 amide bonds. The molecule has 198 valence electrons. The molecule has 0 aliphatic rings. The molecule has 4 aromatic rings. The van der Waals surface area contributed by atoms with Crippen molar-refractivity contribution >= 4 is 32.5 Å². The fourth-order valence-corrected chi connectivity index (χ4v) is 5.00. The van der Waals surface area contributed by atoms with E-state index in [2.05, 4.69) is 20.4 Å². The van der Waals surface area contributed by atoms with Crippen LogP contribution in [0.15, 0.2) is 41.6 Å². The van der Waals surface area contributed by atoms with Crippen molar-refractivity contribution in [2.75, 3.05) is 12.0 Å². The summed E-state index contributed by atoms with van der Waals surface area (Å²) in [7, 11) is -3.54. The van der Waals surface area contributed by atoms with Crippen molar-refractivity contribution in [2.45, 2.75) is 52.6 Å². The quantitative estimate of drug-likeness (QED) is 0.380. The third-order valence-corrected chi connectivity index (χ3v) is 6.91. The fraction of sp³-hybridized carbons (Fsp3) is 0.296. The van der Waals surface area contributed by atoms with E-state index in [4.69, 9.17) is 5.73 Å². The van der Waals surface area contributed by atoms with Crippen LogP contribution < -0.4 is 11.1 Å². The van der Waals surface area contributed by atoms with Crippen LogP contribution >= 0.6 is 0 Å². The number of aromatic nitrogens is 4. The molecule has 10 nitrogen and oxygen atoms in total. The van der Waals surface area contributed by atoms with Crippen LogP contribution in [0, 0.1) is 32.1 Å². The Morgan fingerprint density at radius 2 is 1.87 bits per heavy atom. The molecule has 38 heavy (non-hydrogen) atoms. The Morgan fingerprint density at radius 3 is 2.50 bits per heavy atom. The number of benzene rings is 1. The third kappa shape index (κ3) is 6.15. The van der Waals surface area contributed by atoms with Crippen LogP contribution in [0.4, 0.5) is 5.82 Å². The molecular formula is C27H31N7O3S. The first kappa shape index (κ1) is 28.3. The van der Waals surface area contributed by atoms with Crippen LogP contribution in [0.2, 0.25) is 0 Å². The molecule has 0 bridgehead atoms. The molecule has 0 radical (unpaired) electrons. The summed E-state index contributed by atoms with van der Waals surface area (Å²) in [5, 5.41) is 17.3. The summed E-state index contributed by atoms with van der Waals surface area (Å²) in [4.78, 5) is 21.6. The number of nitrogens with one attached hydrogen (secondary N) is 1. The van der Waals surface area contributed by atoms with E-state index in [0.29, 0.717) is 28.0 Å². The van der Waals surface area contributed by atoms with Gasteiger partial charge in [-0.1, -0.05) is 13.8 Å². The molecule has 0 aliphatic heterocycles. The summed E-state index contributed by atoms with van der Waals surface area (Å²) in [6, 6.07) is 8.93. The second-order valence-corrected chi connectivity index (χ2v) is 10.7. The lowest BCUT2D eigenvalue weighted by Crippen LogP contribution is -2.24. The number of nitriles is 1. The van der Waals surface area contributed by atoms with E-state index in [1.54, 1.807) is 18.3 Å². The van der Waals surface area contributed by atoms with Gasteiger partial charge >= 0.3 is 0 Å². The van der Waals surface area contributed by atoms with Crippen molar-refractivity contribution in [3.8, 4) is 6.07 Å². The zero-order valence-electron chi connectivity index (χ0n) is 22.3. The first-order valence-electron chi connectivity index (χ1n) is 12.0. The summed E-state index contributed by atoms with van der Waals surface area (Å²) in [6.07, 6.45) is 4.24. The van der Waals surface area contributed by atoms with Gasteiger partial charge in [0.05, 0.1) is 22.5 Å². The van der Waals surface area contributed by atoms with Crippen molar-refractivity contribution in [2.24, 2.45) is 0 Å². The van der Waals surface area contributed by atoms with Crippen LogP contribution in [-0.4, -0.2) is 40.3 Å². The van der Waals surface area contributed by atoms with Gasteiger partial charge in [-0.15, -0.1) is 0 Å². The van der Waals surface area contributed by atoms with Gasteiger partial charge in [0.1, 0.15) is 11.9 Å². The number of aryl methyl sites for hydroxylation is 3. The standard InChI is InChI=1S/C25H25N7O3S.C2H6/c1-14-5-18-7-17(8-22(36(4,34)35)24(18)28-10-14)12-32-13-20(21(9-26)31-32)25(33)29-11-19-15(2)6-23(27)30-16(19)3;1-2/h5-8,10,13H,11-12H2,1-4H3,(H2,27,30)(H,29,33);1-2H3. The van der Waals surface area contributed by atoms with Crippen LogP contribution in [0.3, 0.4) is 0 Å². The van der Waals surface area contributed by atoms with Crippen molar-refractivity contribution in [1.29, 1.82) is 5.26 Å². The van der Waals surface area contributed by atoms with E-state index in [0.717, 1.165) is 22.9 Å². The van der Waals surface area contributed by atoms with Crippen LogP contribution in [0.5, 0.6) is 0 Å². The largest absolute Gasteiger partial charge is 0.384 e. The average molecular weight is 534 g/mol. The zero-order valence-corrected chi connectivity index (χ0v) is 23.1. The van der Waals surface area contributed by atoms with E-state index in [1.807, 2.05) is 52.8 Å². The number of anilines is 1. The lowest BCUT2D eigenvalue weighted by molar-refractivity contribution is 0.0950. The molecule has 0 aliphatic carbocycles. The van der Waals surface area contributed by atoms with Gasteiger partial charge in [0.2, 0.25) is 0 Å².